The Morgan fingerprint density at radius 2 is 1.16 bits per heavy atom. The normalized spacial score (nSPS) is 22.5. The number of hydrogen-bond donors (Lipinski definition) is 10. The number of nitrogens with one attached hydrogen (secondary N) is 7. The van der Waals surface area contributed by atoms with E-state index in [1.807, 2.05) is 44.2 Å². The minimum absolute atomic E-state index is 0.191. The van der Waals surface area contributed by atoms with Crippen LogP contribution in [0.15, 0.2) is 30.3 Å². The third-order valence-corrected chi connectivity index (χ3v) is 17.2. The minimum atomic E-state index is -1.68. The Morgan fingerprint density at radius 1 is 0.624 bits per heavy atom. The van der Waals surface area contributed by atoms with Crippen molar-refractivity contribution in [2.75, 3.05) is 13.2 Å². The fourth-order valence-corrected chi connectivity index (χ4v) is 10.2. The Kier molecular flexibility index (Phi) is 30.5. The van der Waals surface area contributed by atoms with E-state index in [1.165, 1.54) is 13.8 Å². The van der Waals surface area contributed by atoms with E-state index in [1.54, 1.807) is 48.5 Å². The average molecular weight is 1200 g/mol. The third-order valence-electron chi connectivity index (χ3n) is 17.2. The summed E-state index contributed by atoms with van der Waals surface area (Å²) in [6.45, 7) is 17.0. The first-order chi connectivity index (χ1) is 40.2. The summed E-state index contributed by atoms with van der Waals surface area (Å²) in [5, 5.41) is 39.8. The summed E-state index contributed by atoms with van der Waals surface area (Å²) >= 11 is 0. The molecular formula is C62H98N8O15. The number of esters is 1. The van der Waals surface area contributed by atoms with Gasteiger partial charge < -0.3 is 57.9 Å². The van der Waals surface area contributed by atoms with Crippen LogP contribution < -0.4 is 43.0 Å². The molecule has 476 valence electrons. The molecule has 11 N–H and O–H groups in total. The highest BCUT2D eigenvalue weighted by Crippen LogP contribution is 2.34. The molecule has 1 saturated heterocycles. The number of aliphatic hydroxyl groups excluding tert-OH is 2. The number of carbonyl (C=O) groups is 12. The summed E-state index contributed by atoms with van der Waals surface area (Å²) < 4.78 is 5.75. The van der Waals surface area contributed by atoms with Gasteiger partial charge in [-0.25, -0.2) is 4.79 Å². The largest absolute Gasteiger partial charge is 0.458 e. The molecule has 8 amide bonds. The maximum atomic E-state index is 14.5. The van der Waals surface area contributed by atoms with E-state index in [2.05, 4.69) is 37.2 Å². The van der Waals surface area contributed by atoms with Crippen molar-refractivity contribution in [3.63, 3.8) is 0 Å². The highest BCUT2D eigenvalue weighted by molar-refractivity contribution is 5.99. The molecule has 23 heteroatoms. The quantitative estimate of drug-likeness (QED) is 0.0437. The first-order valence-corrected chi connectivity index (χ1v) is 30.6. The number of amides is 8. The van der Waals surface area contributed by atoms with Gasteiger partial charge in [-0.05, 0) is 74.7 Å². The number of rotatable bonds is 35. The number of primary amides is 1. The monoisotopic (exact) mass is 1190 g/mol. The highest BCUT2D eigenvalue weighted by atomic mass is 16.5. The number of ether oxygens (including phenoxy) is 1. The van der Waals surface area contributed by atoms with E-state index < -0.39 is 187 Å². The Bertz CT molecular complexity index is 2460. The van der Waals surface area contributed by atoms with Gasteiger partial charge >= 0.3 is 5.97 Å². The average Bonchev–Trinajstić information content (AvgIpc) is 4.50. The molecule has 1 aliphatic heterocycles. The van der Waals surface area contributed by atoms with Crippen LogP contribution >= 0.6 is 0 Å². The standard InChI is InChI=1S/C62H98N8O15/c1-12-33(6)44(30-47(73)45(24-25-50(63)76)65-57(79)42(31-71)28-48(74)51(34(7)13-2)67-56(78)41(16-5)26-39-20-18-17-19-21-39)59(81)68-52(35(8)14-3)49(75)29-43(32-72)58(80)70-54-38(11)85-62(84)53(36(9)15-4)69-60(82)46(27-40-22-23-40)66-55(77)37(10)64-61(54)83/h17-21,33-38,40-46,51-54,71-72H,12-16,22-32H2,1-11H3,(H2,63,76)(H,64,83)(H,65,79)(H,66,77)(H,67,78)(H,68,81)(H,69,82)(H,70,80)/t33-,34+,35+,36+,37+,38+,41-,42+,43+,44-,45-,46+,51+,52+,53+,54-/m1/s1. The maximum Gasteiger partial charge on any atom is 0.329 e. The Labute approximate surface area is 501 Å². The lowest BCUT2D eigenvalue weighted by Crippen LogP contribution is -2.59. The number of aliphatic hydroxyl groups is 2. The van der Waals surface area contributed by atoms with Crippen molar-refractivity contribution in [3.8, 4) is 0 Å². The summed E-state index contributed by atoms with van der Waals surface area (Å²) in [4.78, 5) is 166. The van der Waals surface area contributed by atoms with Gasteiger partial charge in [-0.15, -0.1) is 0 Å². The van der Waals surface area contributed by atoms with Crippen LogP contribution in [0.25, 0.3) is 0 Å². The molecule has 0 bridgehead atoms. The summed E-state index contributed by atoms with van der Waals surface area (Å²) in [7, 11) is 0. The summed E-state index contributed by atoms with van der Waals surface area (Å²) in [6.07, 6.45) is 0.889. The molecule has 1 aromatic rings. The molecule has 85 heavy (non-hydrogen) atoms. The van der Waals surface area contributed by atoms with E-state index in [0.717, 1.165) is 18.4 Å². The van der Waals surface area contributed by atoms with Crippen molar-refractivity contribution < 1.29 is 72.5 Å². The fourth-order valence-electron chi connectivity index (χ4n) is 10.2. The molecule has 1 aliphatic carbocycles. The van der Waals surface area contributed by atoms with Crippen LogP contribution in [-0.4, -0.2) is 142 Å². The molecule has 0 aromatic heterocycles. The topological polar surface area (TPSA) is 365 Å². The molecule has 1 heterocycles. The number of benzene rings is 1. The van der Waals surface area contributed by atoms with Crippen molar-refractivity contribution in [1.82, 2.24) is 37.2 Å². The number of ketones is 3. The second-order valence-corrected chi connectivity index (χ2v) is 23.8. The van der Waals surface area contributed by atoms with Crippen LogP contribution in [0.1, 0.15) is 165 Å². The van der Waals surface area contributed by atoms with Crippen molar-refractivity contribution >= 4 is 70.6 Å². The summed E-state index contributed by atoms with van der Waals surface area (Å²) in [5.74, 6) is -14.9. The second-order valence-electron chi connectivity index (χ2n) is 23.8. The molecule has 0 spiro atoms. The molecule has 3 rings (SSSR count). The van der Waals surface area contributed by atoms with Gasteiger partial charge in [-0.1, -0.05) is 131 Å². The van der Waals surface area contributed by atoms with Crippen LogP contribution in [0.5, 0.6) is 0 Å². The van der Waals surface area contributed by atoms with E-state index in [-0.39, 0.29) is 30.6 Å². The lowest BCUT2D eigenvalue weighted by atomic mass is 9.83. The van der Waals surface area contributed by atoms with E-state index in [9.17, 15) is 67.7 Å². The van der Waals surface area contributed by atoms with Crippen LogP contribution in [0, 0.1) is 53.3 Å². The zero-order valence-corrected chi connectivity index (χ0v) is 51.8. The van der Waals surface area contributed by atoms with Crippen molar-refractivity contribution in [2.24, 2.45) is 59.0 Å². The predicted molar refractivity (Wildman–Crippen MR) is 316 cm³/mol. The Morgan fingerprint density at radius 3 is 1.67 bits per heavy atom. The maximum absolute atomic E-state index is 14.5. The molecule has 23 nitrogen and oxygen atoms in total. The van der Waals surface area contributed by atoms with Gasteiger partial charge in [0.1, 0.15) is 30.3 Å². The highest BCUT2D eigenvalue weighted by Gasteiger charge is 2.42. The van der Waals surface area contributed by atoms with Gasteiger partial charge in [0.15, 0.2) is 17.3 Å². The lowest BCUT2D eigenvalue weighted by Gasteiger charge is -2.30. The smallest absolute Gasteiger partial charge is 0.329 e. The van der Waals surface area contributed by atoms with E-state index in [4.69, 9.17) is 10.5 Å². The molecule has 0 unspecified atom stereocenters. The number of Topliss-reactive ketones (excluding diaryl/α,β-unsaturated/α-hetero) is 3. The SMILES string of the molecule is CC[C@H](Cc1ccccc1)C(=O)N[C@H](C(=O)C[C@@H](CO)C(=O)N[C@H](CCC(N)=O)C(=O)C[C@@H](C(=O)N[C@H](C(=O)C[C@@H](CO)C(=O)N[C@H]1C(=O)N[C@@H](C)C(=O)N[C@@H](CC2CC2)C(=O)N[C@@H]([C@@H](C)CC)C(=O)O[C@H]1C)[C@@H](C)CC)[C@H](C)CC)[C@@H](C)CC. The fraction of sp³-hybridized carbons (Fsp3) is 0.710. The zero-order valence-electron chi connectivity index (χ0n) is 51.8. The van der Waals surface area contributed by atoms with Crippen molar-refractivity contribution in [2.45, 2.75) is 214 Å². The Balaban J connectivity index is 1.84. The number of hydrogen-bond acceptors (Lipinski definition) is 15. The van der Waals surface area contributed by atoms with Gasteiger partial charge in [0.2, 0.25) is 47.3 Å². The molecular weight excluding hydrogens is 1100 g/mol. The van der Waals surface area contributed by atoms with Gasteiger partial charge in [-0.2, -0.15) is 0 Å². The second kappa shape index (κ2) is 35.7. The molecule has 16 atom stereocenters. The lowest BCUT2D eigenvalue weighted by molar-refractivity contribution is -0.157. The first kappa shape index (κ1) is 72.6. The van der Waals surface area contributed by atoms with Crippen LogP contribution in [0.2, 0.25) is 0 Å². The summed E-state index contributed by atoms with van der Waals surface area (Å²) in [6, 6.07) is 0.634. The van der Waals surface area contributed by atoms with Crippen LogP contribution in [-0.2, 0) is 68.7 Å². The summed E-state index contributed by atoms with van der Waals surface area (Å²) in [5.41, 5.74) is 6.44. The van der Waals surface area contributed by atoms with Crippen molar-refractivity contribution in [1.29, 1.82) is 0 Å². The van der Waals surface area contributed by atoms with Crippen molar-refractivity contribution in [3.05, 3.63) is 35.9 Å². The van der Waals surface area contributed by atoms with E-state index in [0.29, 0.717) is 44.9 Å². The number of cyclic esters (lactones) is 1. The number of carbonyl (C=O) groups excluding carboxylic acids is 12. The Hall–Kier alpha value is -6.62. The van der Waals surface area contributed by atoms with Gasteiger partial charge in [0.25, 0.3) is 0 Å². The van der Waals surface area contributed by atoms with Crippen LogP contribution in [0.4, 0.5) is 0 Å². The minimum Gasteiger partial charge on any atom is -0.458 e. The van der Waals surface area contributed by atoms with Gasteiger partial charge in [0, 0.05) is 37.5 Å². The molecule has 1 saturated carbocycles. The molecule has 2 aliphatic rings. The molecule has 2 fully saturated rings. The first-order valence-electron chi connectivity index (χ1n) is 30.6. The third kappa shape index (κ3) is 22.6. The number of nitrogens with two attached hydrogens (primary N) is 1. The van der Waals surface area contributed by atoms with E-state index >= 15 is 0 Å². The van der Waals surface area contributed by atoms with Crippen LogP contribution in [0.3, 0.4) is 0 Å². The predicted octanol–water partition coefficient (Wildman–Crippen LogP) is 2.57. The zero-order chi connectivity index (χ0) is 63.8. The van der Waals surface area contributed by atoms with Gasteiger partial charge in [0.05, 0.1) is 43.2 Å². The molecule has 0 radical (unpaired) electrons. The molecule has 1 aromatic carbocycles. The van der Waals surface area contributed by atoms with Gasteiger partial charge in [-0.3, -0.25) is 52.7 Å².